The average molecular weight is 902 g/mol. The summed E-state index contributed by atoms with van der Waals surface area (Å²) in [5.74, 6) is 0.221. The first-order chi connectivity index (χ1) is 38.5. The number of rotatable bonds is 12. The third-order valence-electron chi connectivity index (χ3n) is 14.3. The largest absolute Gasteiger partial charge is 0.507 e. The summed E-state index contributed by atoms with van der Waals surface area (Å²) in [6, 6.07) is 29.4. The fourth-order valence-corrected chi connectivity index (χ4v) is 9.19. The molecule has 0 aliphatic rings. The first-order valence-corrected chi connectivity index (χ1v) is 23.3. The molecule has 0 bridgehead atoms. The van der Waals surface area contributed by atoms with E-state index in [4.69, 9.17) is 27.8 Å². The van der Waals surface area contributed by atoms with Crippen molar-refractivity contribution in [1.29, 1.82) is 0 Å². The van der Waals surface area contributed by atoms with Crippen LogP contribution in [0.4, 0.5) is 0 Å². The lowest BCUT2D eigenvalue weighted by Crippen LogP contribution is -2.25. The van der Waals surface area contributed by atoms with Crippen molar-refractivity contribution in [2.75, 3.05) is 0 Å². The zero-order valence-electron chi connectivity index (χ0n) is 56.1. The topological polar surface area (TPSA) is 50.9 Å². The molecule has 0 saturated heterocycles. The van der Waals surface area contributed by atoms with Gasteiger partial charge in [-0.25, -0.2) is 4.98 Å². The van der Waals surface area contributed by atoms with E-state index in [1.807, 2.05) is 75.4 Å². The zero-order valence-corrected chi connectivity index (χ0v) is 40.1. The highest BCUT2D eigenvalue weighted by Crippen LogP contribution is 2.47. The summed E-state index contributed by atoms with van der Waals surface area (Å²) in [4.78, 5) is 10.0. The van der Waals surface area contributed by atoms with E-state index in [0.29, 0.717) is 50.5 Å². The predicted octanol–water partition coefficient (Wildman–Crippen LogP) is 17.5. The summed E-state index contributed by atoms with van der Waals surface area (Å²) in [7, 11) is 0. The van der Waals surface area contributed by atoms with Crippen LogP contribution < -0.4 is 0 Å². The van der Waals surface area contributed by atoms with Gasteiger partial charge in [-0.2, -0.15) is 0 Å². The molecule has 8 rings (SSSR count). The van der Waals surface area contributed by atoms with Gasteiger partial charge in [-0.1, -0.05) is 162 Å². The first-order valence-electron chi connectivity index (χ1n) is 31.3. The van der Waals surface area contributed by atoms with Crippen LogP contribution in [0.3, 0.4) is 0 Å². The Hall–Kier alpha value is -6.26. The van der Waals surface area contributed by atoms with Crippen molar-refractivity contribution in [3.8, 4) is 67.5 Å². The van der Waals surface area contributed by atoms with Gasteiger partial charge in [-0.15, -0.1) is 0 Å². The molecule has 0 fully saturated rings. The van der Waals surface area contributed by atoms with Crippen molar-refractivity contribution in [3.63, 3.8) is 0 Å². The van der Waals surface area contributed by atoms with Gasteiger partial charge in [0, 0.05) is 33.8 Å². The molecule has 0 aliphatic carbocycles. The molecule has 2 heterocycles. The Morgan fingerprint density at radius 3 is 1.85 bits per heavy atom. The van der Waals surface area contributed by atoms with E-state index in [0.717, 1.165) is 53.5 Å². The Labute approximate surface area is 423 Å². The molecule has 0 atom stereocenters. The van der Waals surface area contributed by atoms with Crippen molar-refractivity contribution in [1.82, 2.24) is 14.5 Å². The third kappa shape index (κ3) is 8.88. The number of fused-ring (bicyclic) bond motifs is 1. The number of hydrogen-bond donors (Lipinski definition) is 1. The average Bonchev–Trinajstić information content (AvgIpc) is 1.02. The van der Waals surface area contributed by atoms with Crippen LogP contribution in [-0.4, -0.2) is 19.6 Å². The lowest BCUT2D eigenvalue weighted by Gasteiger charge is -2.36. The van der Waals surface area contributed by atoms with Gasteiger partial charge in [0.25, 0.3) is 0 Å². The molecule has 6 aromatic carbocycles. The Morgan fingerprint density at radius 1 is 0.582 bits per heavy atom. The molecule has 67 heavy (non-hydrogen) atoms. The van der Waals surface area contributed by atoms with E-state index in [1.54, 1.807) is 28.8 Å². The fraction of sp³-hybridized carbons (Fsp3) is 0.333. The number of benzene rings is 6. The highest BCUT2D eigenvalue weighted by molar-refractivity contribution is 5.97. The number of para-hydroxylation sites is 2. The van der Waals surface area contributed by atoms with Crippen LogP contribution in [0.25, 0.3) is 72.7 Å². The first kappa shape index (κ1) is 30.9. The van der Waals surface area contributed by atoms with Gasteiger partial charge in [0.15, 0.2) is 0 Å². The molecular formula is C63H71N3O. The number of imidazole rings is 1. The molecule has 0 unspecified atom stereocenters. The number of phenols is 1. The van der Waals surface area contributed by atoms with E-state index >= 15 is 0 Å². The molecule has 0 aliphatic heterocycles. The summed E-state index contributed by atoms with van der Waals surface area (Å²) in [5.41, 5.74) is 2.82. The fourth-order valence-electron chi connectivity index (χ4n) is 9.19. The van der Waals surface area contributed by atoms with Crippen molar-refractivity contribution in [3.05, 3.63) is 167 Å². The molecule has 4 nitrogen and oxygen atoms in total. The summed E-state index contributed by atoms with van der Waals surface area (Å²) >= 11 is 0. The maximum absolute atomic E-state index is 11.6. The van der Waals surface area contributed by atoms with Crippen LogP contribution in [0.15, 0.2) is 140 Å². The molecular weight excluding hydrogens is 815 g/mol. The Bertz CT molecular complexity index is 3680. The molecule has 0 radical (unpaired) electrons. The lowest BCUT2D eigenvalue weighted by molar-refractivity contribution is 0.426. The summed E-state index contributed by atoms with van der Waals surface area (Å²) in [5, 5.41) is 11.6. The number of nitrogens with zero attached hydrogens (tertiary/aromatic N) is 3. The quantitative estimate of drug-likeness (QED) is 0.133. The molecule has 1 N–H and O–H groups in total. The molecule has 344 valence electrons. The molecule has 8 aromatic rings. The van der Waals surface area contributed by atoms with E-state index in [-0.39, 0.29) is 33.3 Å². The highest BCUT2D eigenvalue weighted by Gasteiger charge is 2.33. The maximum atomic E-state index is 11.6. The lowest BCUT2D eigenvalue weighted by atomic mass is 9.68. The number of aromatic hydroxyl groups is 1. The van der Waals surface area contributed by atoms with Gasteiger partial charge in [0.2, 0.25) is 0 Å². The summed E-state index contributed by atoms with van der Waals surface area (Å²) < 4.78 is 140. The van der Waals surface area contributed by atoms with Crippen LogP contribution in [-0.2, 0) is 21.7 Å². The van der Waals surface area contributed by atoms with Crippen LogP contribution in [0.1, 0.15) is 158 Å². The van der Waals surface area contributed by atoms with Gasteiger partial charge in [-0.3, -0.25) is 9.55 Å². The van der Waals surface area contributed by atoms with E-state index in [1.165, 1.54) is 18.3 Å². The Kier molecular flexibility index (Phi) is 8.35. The summed E-state index contributed by atoms with van der Waals surface area (Å²) in [6.45, 7) is 5.28. The van der Waals surface area contributed by atoms with Crippen molar-refractivity contribution in [2.24, 2.45) is 0 Å². The standard InChI is InChI=1S/C63H71N3O/c1-14-62(12,15-2)51-24-21-25-52(63(13,16-3)17-4)57(51)44-30-33-54(41(5)36-44)66-55-26-20-23-49(58(55)65-59(66)50-22-18-19-27-56(50)67)45-37-46(39-48(38-45)61(9,10)11)53-40-43(34-35-64-53)42-28-31-47(32-29-42)60(6,7)8/h18-40,67H,14-17H2,1-13H3/i5D3,6D3,7D3,8D3,28D,29D,31D,32D. The number of phenolic OH excluding ortho intramolecular Hbond substituents is 1. The van der Waals surface area contributed by atoms with Gasteiger partial charge >= 0.3 is 0 Å². The highest BCUT2D eigenvalue weighted by atomic mass is 16.3. The summed E-state index contributed by atoms with van der Waals surface area (Å²) in [6.07, 6.45) is 4.89. The molecule has 4 heteroatoms. The van der Waals surface area contributed by atoms with Crippen molar-refractivity contribution < 1.29 is 27.0 Å². The zero-order chi connectivity index (χ0) is 61.5. The Morgan fingerprint density at radius 2 is 1.22 bits per heavy atom. The van der Waals surface area contributed by atoms with Gasteiger partial charge in [-0.05, 0) is 164 Å². The van der Waals surface area contributed by atoms with Crippen molar-refractivity contribution >= 4 is 11.0 Å². The number of hydrogen-bond acceptors (Lipinski definition) is 3. The monoisotopic (exact) mass is 902 g/mol. The van der Waals surface area contributed by atoms with Crippen LogP contribution in [0, 0.1) is 6.85 Å². The minimum Gasteiger partial charge on any atom is -0.507 e. The second-order valence-electron chi connectivity index (χ2n) is 19.4. The van der Waals surface area contributed by atoms with Crippen LogP contribution >= 0.6 is 0 Å². The minimum absolute atomic E-state index is 0.0708. The SMILES string of the molecule is [2H]c1c([2H])c(C(C([2H])([2H])[2H])(C([2H])([2H])[2H])C([2H])([2H])[2H])c([2H])c([2H])c1-c1ccnc(-c2cc(-c3cccc4c3nc(-c3ccccc3O)n4-c3ccc(-c4c(C(C)(CC)CC)cccc4C(C)(CC)CC)cc3C([2H])([2H])[2H])cc(C(C)(C)C)c2)c1. The van der Waals surface area contributed by atoms with E-state index < -0.39 is 68.0 Å². The van der Waals surface area contributed by atoms with E-state index in [2.05, 4.69) is 59.7 Å². The van der Waals surface area contributed by atoms with Crippen LogP contribution in [0.2, 0.25) is 0 Å². The molecule has 0 spiro atoms. The van der Waals surface area contributed by atoms with Crippen molar-refractivity contribution in [2.45, 2.75) is 137 Å². The van der Waals surface area contributed by atoms with E-state index in [9.17, 15) is 9.22 Å². The Balaban J connectivity index is 1.38. The smallest absolute Gasteiger partial charge is 0.149 e. The number of pyridine rings is 1. The normalized spacial score (nSPS) is 16.8. The third-order valence-corrected chi connectivity index (χ3v) is 14.3. The van der Waals surface area contributed by atoms with Gasteiger partial charge < -0.3 is 5.11 Å². The molecule has 0 saturated carbocycles. The van der Waals surface area contributed by atoms with Gasteiger partial charge in [0.05, 0.1) is 33.5 Å². The minimum atomic E-state index is -3.83. The second kappa shape index (κ2) is 18.1. The predicted molar refractivity (Wildman–Crippen MR) is 286 cm³/mol. The molecule has 0 amide bonds. The molecule has 2 aromatic heterocycles. The maximum Gasteiger partial charge on any atom is 0.149 e. The van der Waals surface area contributed by atoms with Gasteiger partial charge in [0.1, 0.15) is 11.6 Å². The number of aryl methyl sites for hydroxylation is 1. The van der Waals surface area contributed by atoms with Crippen LogP contribution in [0.5, 0.6) is 5.75 Å². The second-order valence-corrected chi connectivity index (χ2v) is 19.4. The number of aromatic nitrogens is 3.